The quantitative estimate of drug-likeness (QED) is 0.787. The van der Waals surface area contributed by atoms with E-state index >= 15 is 0 Å². The Kier molecular flexibility index (Phi) is 2.75. The Hall–Kier alpha value is -2.35. The van der Waals surface area contributed by atoms with Gasteiger partial charge in [0, 0.05) is 30.6 Å². The topological polar surface area (TPSA) is 20.3 Å². The van der Waals surface area contributed by atoms with Crippen molar-refractivity contribution in [3.63, 3.8) is 0 Å². The van der Waals surface area contributed by atoms with E-state index in [0.717, 1.165) is 24.9 Å². The van der Waals surface area contributed by atoms with Gasteiger partial charge in [-0.2, -0.15) is 0 Å². The number of carbonyl (C=O) groups excluding carboxylic acids is 1. The summed E-state index contributed by atoms with van der Waals surface area (Å²) in [4.78, 5) is 14.1. The van der Waals surface area contributed by atoms with Crippen molar-refractivity contribution >= 4 is 12.0 Å². The second kappa shape index (κ2) is 4.82. The molecule has 114 valence electrons. The number of allylic oxidation sites excluding steroid dienone is 2. The number of hydrogen-bond donors (Lipinski definition) is 0. The number of rotatable bonds is 2. The van der Waals surface area contributed by atoms with Crippen LogP contribution in [0.4, 0.5) is 5.69 Å². The molecule has 1 fully saturated rings. The van der Waals surface area contributed by atoms with Gasteiger partial charge in [-0.25, -0.2) is 0 Å². The van der Waals surface area contributed by atoms with Crippen LogP contribution in [0.15, 0.2) is 66.2 Å². The van der Waals surface area contributed by atoms with Gasteiger partial charge in [0.25, 0.3) is 0 Å². The fourth-order valence-electron chi connectivity index (χ4n) is 5.06. The van der Waals surface area contributed by atoms with Crippen molar-refractivity contribution in [3.8, 4) is 0 Å². The first-order chi connectivity index (χ1) is 11.4. The van der Waals surface area contributed by atoms with Gasteiger partial charge in [-0.05, 0) is 40.7 Å². The first-order valence-corrected chi connectivity index (χ1v) is 8.42. The molecule has 4 aliphatic rings. The molecule has 1 saturated heterocycles. The summed E-state index contributed by atoms with van der Waals surface area (Å²) in [6, 6.07) is 19.4. The van der Waals surface area contributed by atoms with Gasteiger partial charge in [0.1, 0.15) is 6.29 Å². The summed E-state index contributed by atoms with van der Waals surface area (Å²) >= 11 is 0. The van der Waals surface area contributed by atoms with Gasteiger partial charge >= 0.3 is 0 Å². The predicted molar refractivity (Wildman–Crippen MR) is 91.7 cm³/mol. The highest BCUT2D eigenvalue weighted by molar-refractivity contribution is 5.79. The highest BCUT2D eigenvalue weighted by atomic mass is 16.1. The second-order valence-corrected chi connectivity index (χ2v) is 6.99. The lowest BCUT2D eigenvalue weighted by Gasteiger charge is -2.44. The molecule has 0 saturated carbocycles. The smallest absolute Gasteiger partial charge is 0.146 e. The SMILES string of the molecule is O=CC1=C[C@H]2c3ccccc3[C@H]1[C@@H]1CN(c3ccccc3)CC12. The molecule has 2 heteroatoms. The lowest BCUT2D eigenvalue weighted by Crippen LogP contribution is -2.37. The van der Waals surface area contributed by atoms with Gasteiger partial charge in [0.05, 0.1) is 0 Å². The van der Waals surface area contributed by atoms with E-state index in [-0.39, 0.29) is 5.92 Å². The van der Waals surface area contributed by atoms with Gasteiger partial charge in [0.2, 0.25) is 0 Å². The number of hydrogen-bond acceptors (Lipinski definition) is 2. The summed E-state index contributed by atoms with van der Waals surface area (Å²) in [6.45, 7) is 2.14. The van der Waals surface area contributed by atoms with E-state index in [4.69, 9.17) is 0 Å². The average Bonchev–Trinajstić information content (AvgIpc) is 3.08. The first kappa shape index (κ1) is 13.1. The molecule has 0 spiro atoms. The molecule has 1 aliphatic heterocycles. The Morgan fingerprint density at radius 2 is 1.57 bits per heavy atom. The monoisotopic (exact) mass is 301 g/mol. The Labute approximate surface area is 136 Å². The first-order valence-electron chi connectivity index (χ1n) is 8.42. The van der Waals surface area contributed by atoms with Crippen LogP contribution in [-0.2, 0) is 4.79 Å². The summed E-state index contributed by atoms with van der Waals surface area (Å²) in [5.41, 5.74) is 5.14. The molecule has 2 aromatic rings. The highest BCUT2D eigenvalue weighted by Crippen LogP contribution is 2.57. The van der Waals surface area contributed by atoms with Crippen molar-refractivity contribution in [2.75, 3.05) is 18.0 Å². The largest absolute Gasteiger partial charge is 0.371 e. The maximum absolute atomic E-state index is 11.6. The average molecular weight is 301 g/mol. The van der Waals surface area contributed by atoms with E-state index in [0.29, 0.717) is 17.8 Å². The zero-order valence-corrected chi connectivity index (χ0v) is 12.9. The molecule has 4 atom stereocenters. The van der Waals surface area contributed by atoms with Crippen molar-refractivity contribution in [3.05, 3.63) is 77.4 Å². The fourth-order valence-corrected chi connectivity index (χ4v) is 5.06. The number of carbonyl (C=O) groups is 1. The van der Waals surface area contributed by atoms with Crippen LogP contribution in [-0.4, -0.2) is 19.4 Å². The van der Waals surface area contributed by atoms with Crippen molar-refractivity contribution in [1.29, 1.82) is 0 Å². The molecular formula is C21H19NO. The summed E-state index contributed by atoms with van der Waals surface area (Å²) in [5, 5.41) is 0. The molecule has 6 rings (SSSR count). The molecule has 2 nitrogen and oxygen atoms in total. The molecule has 0 amide bonds. The molecule has 2 bridgehead atoms. The van der Waals surface area contributed by atoms with Crippen LogP contribution in [0.25, 0.3) is 0 Å². The number of anilines is 1. The molecular weight excluding hydrogens is 282 g/mol. The molecule has 2 aromatic carbocycles. The number of nitrogens with zero attached hydrogens (tertiary/aromatic N) is 1. The van der Waals surface area contributed by atoms with Gasteiger partial charge in [0.15, 0.2) is 0 Å². The van der Waals surface area contributed by atoms with Crippen LogP contribution in [0.5, 0.6) is 0 Å². The maximum Gasteiger partial charge on any atom is 0.146 e. The Balaban J connectivity index is 1.57. The lowest BCUT2D eigenvalue weighted by atomic mass is 9.58. The van der Waals surface area contributed by atoms with Crippen LogP contribution >= 0.6 is 0 Å². The zero-order chi connectivity index (χ0) is 15.4. The molecule has 0 N–H and O–H groups in total. The van der Waals surface area contributed by atoms with E-state index in [1.54, 1.807) is 0 Å². The molecule has 23 heavy (non-hydrogen) atoms. The highest BCUT2D eigenvalue weighted by Gasteiger charge is 2.51. The predicted octanol–water partition coefficient (Wildman–Crippen LogP) is 3.76. The van der Waals surface area contributed by atoms with Crippen molar-refractivity contribution < 1.29 is 4.79 Å². The van der Waals surface area contributed by atoms with E-state index < -0.39 is 0 Å². The van der Waals surface area contributed by atoms with Crippen LogP contribution in [0.3, 0.4) is 0 Å². The van der Waals surface area contributed by atoms with Crippen molar-refractivity contribution in [1.82, 2.24) is 0 Å². The van der Waals surface area contributed by atoms with E-state index in [1.807, 2.05) is 0 Å². The number of para-hydroxylation sites is 1. The third kappa shape index (κ3) is 1.78. The molecule has 0 radical (unpaired) electrons. The summed E-state index contributed by atoms with van der Waals surface area (Å²) < 4.78 is 0. The molecule has 1 heterocycles. The van der Waals surface area contributed by atoms with Gasteiger partial charge in [-0.3, -0.25) is 4.79 Å². The minimum atomic E-state index is 0.285. The van der Waals surface area contributed by atoms with E-state index in [9.17, 15) is 4.79 Å². The van der Waals surface area contributed by atoms with Gasteiger partial charge < -0.3 is 4.90 Å². The molecule has 3 aliphatic carbocycles. The Morgan fingerprint density at radius 3 is 2.35 bits per heavy atom. The normalized spacial score (nSPS) is 30.6. The van der Waals surface area contributed by atoms with E-state index in [1.165, 1.54) is 16.8 Å². The number of aldehydes is 1. The second-order valence-electron chi connectivity index (χ2n) is 6.99. The third-order valence-electron chi connectivity index (χ3n) is 5.98. The Bertz CT molecular complexity index is 794. The zero-order valence-electron chi connectivity index (χ0n) is 12.9. The van der Waals surface area contributed by atoms with Crippen molar-refractivity contribution in [2.24, 2.45) is 11.8 Å². The summed E-state index contributed by atoms with van der Waals surface area (Å²) in [6.07, 6.45) is 3.34. The minimum Gasteiger partial charge on any atom is -0.371 e. The lowest BCUT2D eigenvalue weighted by molar-refractivity contribution is -0.105. The van der Waals surface area contributed by atoms with Crippen LogP contribution in [0.1, 0.15) is 23.0 Å². The van der Waals surface area contributed by atoms with Gasteiger partial charge in [-0.15, -0.1) is 0 Å². The molecule has 1 unspecified atom stereocenters. The van der Waals surface area contributed by atoms with Crippen LogP contribution < -0.4 is 4.90 Å². The fraction of sp³-hybridized carbons (Fsp3) is 0.286. The maximum atomic E-state index is 11.6. The Morgan fingerprint density at radius 1 is 0.870 bits per heavy atom. The summed E-state index contributed by atoms with van der Waals surface area (Å²) in [7, 11) is 0. The van der Waals surface area contributed by atoms with Crippen LogP contribution in [0.2, 0.25) is 0 Å². The third-order valence-corrected chi connectivity index (χ3v) is 5.98. The van der Waals surface area contributed by atoms with Gasteiger partial charge in [-0.1, -0.05) is 48.5 Å². The summed E-state index contributed by atoms with van der Waals surface area (Å²) in [5.74, 6) is 1.86. The van der Waals surface area contributed by atoms with E-state index in [2.05, 4.69) is 65.6 Å². The van der Waals surface area contributed by atoms with Crippen LogP contribution in [0, 0.1) is 11.8 Å². The number of benzene rings is 2. The van der Waals surface area contributed by atoms with Crippen molar-refractivity contribution in [2.45, 2.75) is 11.8 Å². The standard InChI is InChI=1S/C21H19NO/c23-13-14-10-18-16-8-4-5-9-17(16)21(14)20-12-22(11-19(18)20)15-6-2-1-3-7-15/h1-10,13,18-21H,11-12H2/t18-,19?,20+,21-/m0/s1. The molecule has 0 aromatic heterocycles. The minimum absolute atomic E-state index is 0.285.